The number of anilines is 1. The van der Waals surface area contributed by atoms with Gasteiger partial charge >= 0.3 is 6.18 Å². The zero-order chi connectivity index (χ0) is 22.2. The smallest absolute Gasteiger partial charge is 0.315 e. The Kier molecular flexibility index (Phi) is 5.87. The number of sulfone groups is 1. The highest BCUT2D eigenvalue weighted by Gasteiger charge is 2.51. The predicted molar refractivity (Wildman–Crippen MR) is 115 cm³/mol. The molecular formula is C21H19F3N2O3S2. The van der Waals surface area contributed by atoms with Crippen LogP contribution in [0.1, 0.15) is 17.5 Å². The van der Waals surface area contributed by atoms with E-state index in [1.165, 1.54) is 23.1 Å². The number of halogens is 3. The molecule has 10 heteroatoms. The van der Waals surface area contributed by atoms with Crippen molar-refractivity contribution in [3.63, 3.8) is 0 Å². The van der Waals surface area contributed by atoms with E-state index in [2.05, 4.69) is 4.99 Å². The van der Waals surface area contributed by atoms with Crippen LogP contribution in [0.2, 0.25) is 0 Å². The van der Waals surface area contributed by atoms with Crippen molar-refractivity contribution in [2.45, 2.75) is 30.3 Å². The molecule has 164 valence electrons. The van der Waals surface area contributed by atoms with Crippen molar-refractivity contribution in [1.29, 1.82) is 0 Å². The zero-order valence-corrected chi connectivity index (χ0v) is 17.9. The summed E-state index contributed by atoms with van der Waals surface area (Å²) in [5, 5.41) is -0.341. The first-order valence-electron chi connectivity index (χ1n) is 9.62. The number of hydrogen-bond acceptors (Lipinski definition) is 4. The van der Waals surface area contributed by atoms with E-state index in [4.69, 9.17) is 0 Å². The van der Waals surface area contributed by atoms with Crippen molar-refractivity contribution >= 4 is 38.4 Å². The molecule has 0 aromatic heterocycles. The Hall–Kier alpha value is -2.33. The Labute approximate surface area is 182 Å². The van der Waals surface area contributed by atoms with Crippen molar-refractivity contribution < 1.29 is 26.4 Å². The lowest BCUT2D eigenvalue weighted by Gasteiger charge is -2.27. The van der Waals surface area contributed by atoms with Gasteiger partial charge in [-0.3, -0.25) is 4.79 Å². The molecule has 0 radical (unpaired) electrons. The predicted octanol–water partition coefficient (Wildman–Crippen LogP) is 3.94. The fourth-order valence-corrected chi connectivity index (χ4v) is 7.75. The van der Waals surface area contributed by atoms with Crippen LogP contribution in [0.5, 0.6) is 0 Å². The highest BCUT2D eigenvalue weighted by molar-refractivity contribution is 8.16. The van der Waals surface area contributed by atoms with E-state index in [-0.39, 0.29) is 28.8 Å². The standard InChI is InChI=1S/C21H19F3N2O3S2/c22-21(23,24)15-8-4-5-9-16(15)26-17-12-31(28,29)13-18(17)30-20(26)25-19(27)11-10-14-6-2-1-3-7-14/h1-9,17-18H,10-13H2/t17-,18-/m1/s1. The normalized spacial score (nSPS) is 23.8. The molecule has 2 aromatic rings. The average molecular weight is 469 g/mol. The molecule has 2 aliphatic rings. The topological polar surface area (TPSA) is 66.8 Å². The molecule has 0 aliphatic carbocycles. The number of thioether (sulfide) groups is 1. The summed E-state index contributed by atoms with van der Waals surface area (Å²) in [6.07, 6.45) is -4.06. The molecule has 0 spiro atoms. The molecule has 0 unspecified atom stereocenters. The van der Waals surface area contributed by atoms with Crippen LogP contribution in [0, 0.1) is 0 Å². The van der Waals surface area contributed by atoms with E-state index in [1.54, 1.807) is 0 Å². The molecule has 2 fully saturated rings. The first kappa shape index (κ1) is 21.9. The van der Waals surface area contributed by atoms with Gasteiger partial charge < -0.3 is 4.90 Å². The third-order valence-electron chi connectivity index (χ3n) is 5.23. The molecule has 5 nitrogen and oxygen atoms in total. The average Bonchev–Trinajstić information content (AvgIpc) is 3.17. The van der Waals surface area contributed by atoms with Gasteiger partial charge in [-0.15, -0.1) is 0 Å². The minimum Gasteiger partial charge on any atom is -0.315 e. The second-order valence-corrected chi connectivity index (χ2v) is 10.8. The molecule has 2 atom stereocenters. The van der Waals surface area contributed by atoms with Crippen LogP contribution in [0.15, 0.2) is 59.6 Å². The number of amides is 1. The Balaban J connectivity index is 1.66. The van der Waals surface area contributed by atoms with Crippen LogP contribution in [-0.4, -0.2) is 42.3 Å². The minimum absolute atomic E-state index is 0.108. The van der Waals surface area contributed by atoms with Crippen LogP contribution in [0.25, 0.3) is 0 Å². The van der Waals surface area contributed by atoms with Gasteiger partial charge in [0.15, 0.2) is 15.0 Å². The summed E-state index contributed by atoms with van der Waals surface area (Å²) in [5.74, 6) is -0.873. The molecule has 2 heterocycles. The van der Waals surface area contributed by atoms with Crippen molar-refractivity contribution in [1.82, 2.24) is 0 Å². The fraction of sp³-hybridized carbons (Fsp3) is 0.333. The molecule has 0 bridgehead atoms. The SMILES string of the molecule is O=C(CCc1ccccc1)N=C1S[C@@H]2CS(=O)(=O)C[C@H]2N1c1ccccc1C(F)(F)F. The number of rotatable bonds is 4. The number of amidine groups is 1. The van der Waals surface area contributed by atoms with Gasteiger partial charge in [0.25, 0.3) is 0 Å². The third-order valence-corrected chi connectivity index (χ3v) is 8.44. The van der Waals surface area contributed by atoms with Crippen LogP contribution >= 0.6 is 11.8 Å². The van der Waals surface area contributed by atoms with E-state index in [9.17, 15) is 26.4 Å². The minimum atomic E-state index is -4.63. The Bertz CT molecular complexity index is 1120. The lowest BCUT2D eigenvalue weighted by Crippen LogP contribution is -2.39. The summed E-state index contributed by atoms with van der Waals surface area (Å²) < 4.78 is 65.2. The molecule has 4 rings (SSSR count). The summed E-state index contributed by atoms with van der Waals surface area (Å²) in [4.78, 5) is 17.9. The van der Waals surface area contributed by atoms with Crippen molar-refractivity contribution in [2.75, 3.05) is 16.4 Å². The maximum atomic E-state index is 13.6. The quantitative estimate of drug-likeness (QED) is 0.680. The molecule has 2 aliphatic heterocycles. The van der Waals surface area contributed by atoms with E-state index < -0.39 is 38.8 Å². The van der Waals surface area contributed by atoms with Gasteiger partial charge in [-0.25, -0.2) is 8.42 Å². The fourth-order valence-electron chi connectivity index (χ4n) is 3.83. The lowest BCUT2D eigenvalue weighted by atomic mass is 10.1. The maximum absolute atomic E-state index is 13.6. The maximum Gasteiger partial charge on any atom is 0.418 e. The number of carbonyl (C=O) groups is 1. The third kappa shape index (κ3) is 4.79. The van der Waals surface area contributed by atoms with Gasteiger partial charge in [0.2, 0.25) is 5.91 Å². The van der Waals surface area contributed by atoms with Gasteiger partial charge in [0.05, 0.1) is 28.8 Å². The Morgan fingerprint density at radius 2 is 1.74 bits per heavy atom. The first-order valence-corrected chi connectivity index (χ1v) is 12.3. The first-order chi connectivity index (χ1) is 14.6. The van der Waals surface area contributed by atoms with E-state index in [0.717, 1.165) is 23.4 Å². The monoisotopic (exact) mass is 468 g/mol. The van der Waals surface area contributed by atoms with Crippen LogP contribution in [0.4, 0.5) is 18.9 Å². The van der Waals surface area contributed by atoms with Crippen LogP contribution in [-0.2, 0) is 27.2 Å². The van der Waals surface area contributed by atoms with E-state index in [1.807, 2.05) is 30.3 Å². The highest BCUT2D eigenvalue weighted by Crippen LogP contribution is 2.45. The Morgan fingerprint density at radius 3 is 2.45 bits per heavy atom. The second kappa shape index (κ2) is 8.31. The molecule has 1 amide bonds. The highest BCUT2D eigenvalue weighted by atomic mass is 32.2. The number of nitrogens with zero attached hydrogens (tertiary/aromatic N) is 2. The molecule has 0 N–H and O–H groups in total. The van der Waals surface area contributed by atoms with E-state index >= 15 is 0 Å². The number of aliphatic imine (C=N–C) groups is 1. The largest absolute Gasteiger partial charge is 0.418 e. The van der Waals surface area contributed by atoms with Crippen molar-refractivity contribution in [3.05, 3.63) is 65.7 Å². The summed E-state index contributed by atoms with van der Waals surface area (Å²) in [6.45, 7) is 0. The summed E-state index contributed by atoms with van der Waals surface area (Å²) in [7, 11) is -3.38. The summed E-state index contributed by atoms with van der Waals surface area (Å²) in [5.41, 5.74) is -0.107. The number of hydrogen-bond donors (Lipinski definition) is 0. The number of aryl methyl sites for hydroxylation is 1. The molecule has 2 aromatic carbocycles. The molecule has 0 saturated carbocycles. The number of alkyl halides is 3. The van der Waals surface area contributed by atoms with E-state index in [0.29, 0.717) is 6.42 Å². The number of para-hydroxylation sites is 1. The zero-order valence-electron chi connectivity index (χ0n) is 16.2. The van der Waals surface area contributed by atoms with Gasteiger partial charge in [0.1, 0.15) is 0 Å². The number of benzene rings is 2. The van der Waals surface area contributed by atoms with Gasteiger partial charge in [-0.1, -0.05) is 54.2 Å². The van der Waals surface area contributed by atoms with Crippen LogP contribution in [0.3, 0.4) is 0 Å². The van der Waals surface area contributed by atoms with Gasteiger partial charge in [-0.05, 0) is 24.1 Å². The Morgan fingerprint density at radius 1 is 1.06 bits per heavy atom. The van der Waals surface area contributed by atoms with Gasteiger partial charge in [-0.2, -0.15) is 18.2 Å². The molecule has 31 heavy (non-hydrogen) atoms. The van der Waals surface area contributed by atoms with Gasteiger partial charge in [0, 0.05) is 11.7 Å². The summed E-state index contributed by atoms with van der Waals surface area (Å²) >= 11 is 1.06. The number of fused-ring (bicyclic) bond motifs is 1. The van der Waals surface area contributed by atoms with Crippen molar-refractivity contribution in [2.24, 2.45) is 4.99 Å². The van der Waals surface area contributed by atoms with Crippen molar-refractivity contribution in [3.8, 4) is 0 Å². The number of carbonyl (C=O) groups excluding carboxylic acids is 1. The molecule has 2 saturated heterocycles. The van der Waals surface area contributed by atoms with Crippen LogP contribution < -0.4 is 4.90 Å². The molecular weight excluding hydrogens is 449 g/mol. The summed E-state index contributed by atoms with van der Waals surface area (Å²) in [6, 6.07) is 13.6. The lowest BCUT2D eigenvalue weighted by molar-refractivity contribution is -0.137. The second-order valence-electron chi connectivity index (χ2n) is 7.46.